The lowest BCUT2D eigenvalue weighted by Crippen LogP contribution is -2.18. The third-order valence-corrected chi connectivity index (χ3v) is 3.17. The summed E-state index contributed by atoms with van der Waals surface area (Å²) < 4.78 is 27.5. The minimum absolute atomic E-state index is 0.0185. The Morgan fingerprint density at radius 1 is 1.32 bits per heavy atom. The molecule has 0 saturated carbocycles. The molecule has 0 spiro atoms. The number of Topliss-reactive ketones (excluding diaryl/α,β-unsaturated/α-hetero) is 1. The second-order valence-corrected chi connectivity index (χ2v) is 4.71. The lowest BCUT2D eigenvalue weighted by molar-refractivity contribution is 0.0917. The largest absolute Gasteiger partial charge is 0.321 e. The second kappa shape index (κ2) is 6.15. The normalized spacial score (nSPS) is 11.5. The lowest BCUT2D eigenvalue weighted by Gasteiger charge is -2.12. The molecule has 22 heavy (non-hydrogen) atoms. The Labute approximate surface area is 125 Å². The van der Waals surface area contributed by atoms with Gasteiger partial charge in [-0.25, -0.2) is 13.8 Å². The third-order valence-electron chi connectivity index (χ3n) is 3.17. The van der Waals surface area contributed by atoms with Crippen LogP contribution in [-0.4, -0.2) is 15.3 Å². The van der Waals surface area contributed by atoms with Gasteiger partial charge in [0, 0.05) is 18.0 Å². The molecule has 1 heterocycles. The number of carbonyl (C=O) groups excluding carboxylic acids is 1. The number of ketones is 1. The first-order valence-electron chi connectivity index (χ1n) is 6.32. The molecule has 0 saturated heterocycles. The van der Waals surface area contributed by atoms with Gasteiger partial charge in [-0.1, -0.05) is 6.92 Å². The Hall–Kier alpha value is -3.06. The van der Waals surface area contributed by atoms with Crippen molar-refractivity contribution in [3.63, 3.8) is 0 Å². The summed E-state index contributed by atoms with van der Waals surface area (Å²) in [5.74, 6) is -3.11. The Balaban J connectivity index is 2.22. The summed E-state index contributed by atoms with van der Waals surface area (Å²) in [6.07, 6.45) is 1.30. The highest BCUT2D eigenvalue weighted by Crippen LogP contribution is 2.16. The van der Waals surface area contributed by atoms with Crippen LogP contribution in [0.1, 0.15) is 28.7 Å². The smallest absolute Gasteiger partial charge is 0.176 e. The van der Waals surface area contributed by atoms with Gasteiger partial charge in [0.15, 0.2) is 28.8 Å². The number of halogens is 2. The summed E-state index contributed by atoms with van der Waals surface area (Å²) in [6.45, 7) is 1.70. The number of imidazole rings is 1. The standard InChI is InChI=1S/C15H10F2N4O/c1-9(7-21-8-20-13(5-18)14(21)6-19)15(22)10-2-3-11(16)12(17)4-10/h2-4,8-9H,7H2,1H3. The molecule has 1 atom stereocenters. The lowest BCUT2D eigenvalue weighted by atomic mass is 9.99. The van der Waals surface area contributed by atoms with Crippen LogP contribution < -0.4 is 0 Å². The van der Waals surface area contributed by atoms with Crippen LogP contribution in [0.3, 0.4) is 0 Å². The number of hydrogen-bond acceptors (Lipinski definition) is 4. The minimum Gasteiger partial charge on any atom is -0.321 e. The van der Waals surface area contributed by atoms with E-state index in [0.717, 1.165) is 12.1 Å². The van der Waals surface area contributed by atoms with Gasteiger partial charge in [0.05, 0.1) is 6.33 Å². The molecule has 1 aromatic heterocycles. The quantitative estimate of drug-likeness (QED) is 0.812. The molecular weight excluding hydrogens is 290 g/mol. The van der Waals surface area contributed by atoms with Crippen LogP contribution in [0.5, 0.6) is 0 Å². The van der Waals surface area contributed by atoms with Crippen molar-refractivity contribution in [2.75, 3.05) is 0 Å². The van der Waals surface area contributed by atoms with E-state index < -0.39 is 23.3 Å². The summed E-state index contributed by atoms with van der Waals surface area (Å²) in [5, 5.41) is 17.8. The van der Waals surface area contributed by atoms with Crippen molar-refractivity contribution in [1.82, 2.24) is 9.55 Å². The zero-order chi connectivity index (χ0) is 16.3. The van der Waals surface area contributed by atoms with Gasteiger partial charge in [0.2, 0.25) is 0 Å². The maximum atomic E-state index is 13.2. The van der Waals surface area contributed by atoms with Crippen molar-refractivity contribution in [3.05, 3.63) is 53.1 Å². The number of aromatic nitrogens is 2. The Morgan fingerprint density at radius 3 is 2.64 bits per heavy atom. The SMILES string of the molecule is CC(Cn1cnc(C#N)c1C#N)C(=O)c1ccc(F)c(F)c1. The van der Waals surface area contributed by atoms with E-state index in [4.69, 9.17) is 10.5 Å². The fourth-order valence-electron chi connectivity index (χ4n) is 2.03. The fourth-order valence-corrected chi connectivity index (χ4v) is 2.03. The van der Waals surface area contributed by atoms with Gasteiger partial charge in [-0.2, -0.15) is 10.5 Å². The molecule has 0 aliphatic rings. The number of nitrogens with zero attached hydrogens (tertiary/aromatic N) is 4. The molecule has 5 nitrogen and oxygen atoms in total. The Morgan fingerprint density at radius 2 is 2.05 bits per heavy atom. The summed E-state index contributed by atoms with van der Waals surface area (Å²) >= 11 is 0. The highest BCUT2D eigenvalue weighted by atomic mass is 19.2. The maximum absolute atomic E-state index is 13.2. The van der Waals surface area contributed by atoms with Crippen molar-refractivity contribution in [3.8, 4) is 12.1 Å². The highest BCUT2D eigenvalue weighted by molar-refractivity contribution is 5.97. The molecule has 7 heteroatoms. The first-order valence-corrected chi connectivity index (χ1v) is 6.32. The van der Waals surface area contributed by atoms with Crippen molar-refractivity contribution in [1.29, 1.82) is 10.5 Å². The van der Waals surface area contributed by atoms with Gasteiger partial charge in [-0.15, -0.1) is 0 Å². The number of hydrogen-bond donors (Lipinski definition) is 0. The molecule has 0 aliphatic carbocycles. The first-order chi connectivity index (χ1) is 10.5. The van der Waals surface area contributed by atoms with Crippen molar-refractivity contribution in [2.24, 2.45) is 5.92 Å². The number of benzene rings is 1. The van der Waals surface area contributed by atoms with Gasteiger partial charge in [-0.05, 0) is 18.2 Å². The predicted octanol–water partition coefficient (Wildman–Crippen LogP) is 2.42. The van der Waals surface area contributed by atoms with E-state index in [0.29, 0.717) is 0 Å². The molecule has 1 unspecified atom stereocenters. The summed E-state index contributed by atoms with van der Waals surface area (Å²) in [7, 11) is 0. The average molecular weight is 300 g/mol. The molecule has 0 aliphatic heterocycles. The van der Waals surface area contributed by atoms with Gasteiger partial charge >= 0.3 is 0 Å². The topological polar surface area (TPSA) is 82.5 Å². The molecule has 1 aromatic carbocycles. The molecule has 2 aromatic rings. The van der Waals surface area contributed by atoms with E-state index in [-0.39, 0.29) is 23.5 Å². The van der Waals surface area contributed by atoms with E-state index >= 15 is 0 Å². The van der Waals surface area contributed by atoms with E-state index in [9.17, 15) is 13.6 Å². The van der Waals surface area contributed by atoms with Gasteiger partial charge < -0.3 is 4.57 Å². The van der Waals surface area contributed by atoms with Crippen LogP contribution in [0, 0.1) is 40.2 Å². The number of rotatable bonds is 4. The molecule has 0 fully saturated rings. The van der Waals surface area contributed by atoms with Crippen LogP contribution in [-0.2, 0) is 6.54 Å². The van der Waals surface area contributed by atoms with Gasteiger partial charge in [0.1, 0.15) is 12.1 Å². The van der Waals surface area contributed by atoms with Gasteiger partial charge in [0.25, 0.3) is 0 Å². The molecule has 110 valence electrons. The van der Waals surface area contributed by atoms with E-state index in [1.807, 2.05) is 6.07 Å². The molecular formula is C15H10F2N4O. The molecule has 0 radical (unpaired) electrons. The van der Waals surface area contributed by atoms with E-state index in [1.165, 1.54) is 17.0 Å². The van der Waals surface area contributed by atoms with Crippen LogP contribution in [0.15, 0.2) is 24.5 Å². The van der Waals surface area contributed by atoms with Crippen LogP contribution in [0.2, 0.25) is 0 Å². The predicted molar refractivity (Wildman–Crippen MR) is 71.5 cm³/mol. The summed E-state index contributed by atoms with van der Waals surface area (Å²) in [5.41, 5.74) is 0.0907. The number of carbonyl (C=O) groups is 1. The monoisotopic (exact) mass is 300 g/mol. The van der Waals surface area contributed by atoms with Crippen LogP contribution in [0.4, 0.5) is 8.78 Å². The first kappa shape index (κ1) is 15.3. The van der Waals surface area contributed by atoms with Gasteiger partial charge in [-0.3, -0.25) is 4.79 Å². The van der Waals surface area contributed by atoms with Crippen molar-refractivity contribution < 1.29 is 13.6 Å². The second-order valence-electron chi connectivity index (χ2n) is 4.71. The molecule has 0 N–H and O–H groups in total. The molecule has 2 rings (SSSR count). The number of nitriles is 2. The molecule has 0 bridgehead atoms. The Kier molecular flexibility index (Phi) is 4.28. The van der Waals surface area contributed by atoms with E-state index in [1.54, 1.807) is 13.0 Å². The van der Waals surface area contributed by atoms with Crippen molar-refractivity contribution in [2.45, 2.75) is 13.5 Å². The van der Waals surface area contributed by atoms with Crippen LogP contribution >= 0.6 is 0 Å². The fraction of sp³-hybridized carbons (Fsp3) is 0.200. The van der Waals surface area contributed by atoms with Crippen LogP contribution in [0.25, 0.3) is 0 Å². The van der Waals surface area contributed by atoms with Crippen molar-refractivity contribution >= 4 is 5.78 Å². The maximum Gasteiger partial charge on any atom is 0.176 e. The highest BCUT2D eigenvalue weighted by Gasteiger charge is 2.20. The summed E-state index contributed by atoms with van der Waals surface area (Å²) in [4.78, 5) is 16.0. The average Bonchev–Trinajstić information content (AvgIpc) is 2.90. The van der Waals surface area contributed by atoms with E-state index in [2.05, 4.69) is 4.98 Å². The zero-order valence-electron chi connectivity index (χ0n) is 11.5. The summed E-state index contributed by atoms with van der Waals surface area (Å²) in [6, 6.07) is 6.57. The Bertz CT molecular complexity index is 814. The molecule has 0 amide bonds. The minimum atomic E-state index is -1.09. The zero-order valence-corrected chi connectivity index (χ0v) is 11.5. The third kappa shape index (κ3) is 2.84.